The van der Waals surface area contributed by atoms with Crippen molar-refractivity contribution in [1.29, 1.82) is 10.5 Å². The molecule has 14 aromatic carbocycles. The van der Waals surface area contributed by atoms with Gasteiger partial charge >= 0.3 is 0 Å². The molecule has 3 heterocycles. The average molecular weight is 1250 g/mol. The van der Waals surface area contributed by atoms with Gasteiger partial charge in [-0.15, -0.1) is 0 Å². The number of hydrogen-bond acceptors (Lipinski definition) is 5. The summed E-state index contributed by atoms with van der Waals surface area (Å²) in [5.41, 5.74) is 23.1. The smallest absolute Gasteiger partial charge is 0.194 e. The second kappa shape index (κ2) is 24.6. The van der Waals surface area contributed by atoms with E-state index in [-0.39, 0.29) is 0 Å². The van der Waals surface area contributed by atoms with Gasteiger partial charge in [0, 0.05) is 49.4 Å². The Morgan fingerprint density at radius 2 is 0.633 bits per heavy atom. The van der Waals surface area contributed by atoms with Crippen molar-refractivity contribution in [2.45, 2.75) is 0 Å². The number of rotatable bonds is 12. The summed E-state index contributed by atoms with van der Waals surface area (Å²) < 4.78 is 4.65. The van der Waals surface area contributed by atoms with Gasteiger partial charge in [-0.2, -0.15) is 10.5 Å². The quantitative estimate of drug-likeness (QED) is 0.113. The monoisotopic (exact) mass is 1250 g/mol. The van der Waals surface area contributed by atoms with Gasteiger partial charge in [-0.3, -0.25) is 0 Å². The molecule has 454 valence electrons. The first kappa shape index (κ1) is 58.0. The molecule has 0 saturated carbocycles. The van der Waals surface area contributed by atoms with Crippen molar-refractivity contribution in [1.82, 2.24) is 24.1 Å². The average Bonchev–Trinajstić information content (AvgIpc) is 1.56. The van der Waals surface area contributed by atoms with Crippen molar-refractivity contribution < 1.29 is 0 Å². The van der Waals surface area contributed by atoms with Gasteiger partial charge in [0.05, 0.1) is 63.3 Å². The van der Waals surface area contributed by atoms with Crippen LogP contribution in [-0.4, -0.2) is 24.1 Å². The van der Waals surface area contributed by atoms with E-state index in [0.717, 1.165) is 138 Å². The summed E-state index contributed by atoms with van der Waals surface area (Å²) in [5.74, 6) is 1.24. The summed E-state index contributed by atoms with van der Waals surface area (Å²) in [6.07, 6.45) is 0. The van der Waals surface area contributed by atoms with Crippen LogP contribution in [0.15, 0.2) is 328 Å². The van der Waals surface area contributed by atoms with Crippen LogP contribution in [0.4, 0.5) is 5.69 Å². The van der Waals surface area contributed by atoms with Crippen LogP contribution in [0.1, 0.15) is 11.1 Å². The molecule has 0 saturated heterocycles. The van der Waals surface area contributed by atoms with E-state index < -0.39 is 0 Å². The van der Waals surface area contributed by atoms with Gasteiger partial charge in [-0.05, 0) is 146 Å². The van der Waals surface area contributed by atoms with Gasteiger partial charge in [0.1, 0.15) is 0 Å². The minimum atomic E-state index is 0.410. The van der Waals surface area contributed by atoms with Crippen molar-refractivity contribution in [3.63, 3.8) is 0 Å². The fraction of sp³-hybridized carbons (Fsp3) is 0. The molecule has 0 radical (unpaired) electrons. The molecule has 0 aliphatic heterocycles. The zero-order valence-corrected chi connectivity index (χ0v) is 52.8. The predicted octanol–water partition coefficient (Wildman–Crippen LogP) is 23.0. The first-order chi connectivity index (χ1) is 48.4. The fourth-order valence-corrected chi connectivity index (χ4v) is 14.0. The van der Waals surface area contributed by atoms with Crippen LogP contribution in [0, 0.1) is 29.2 Å². The zero-order chi connectivity index (χ0) is 65.6. The van der Waals surface area contributed by atoms with Crippen molar-refractivity contribution in [2.24, 2.45) is 0 Å². The maximum absolute atomic E-state index is 10.9. The molecule has 98 heavy (non-hydrogen) atoms. The van der Waals surface area contributed by atoms with Crippen molar-refractivity contribution in [3.8, 4) is 136 Å². The minimum absolute atomic E-state index is 0.410. The van der Waals surface area contributed by atoms with Gasteiger partial charge in [0.15, 0.2) is 23.2 Å². The van der Waals surface area contributed by atoms with E-state index in [2.05, 4.69) is 226 Å². The molecule has 8 heteroatoms. The topological polar surface area (TPSA) is 100 Å². The molecule has 17 rings (SSSR count). The Morgan fingerprint density at radius 1 is 0.265 bits per heavy atom. The number of nitriles is 2. The van der Waals surface area contributed by atoms with E-state index in [1.807, 2.05) is 127 Å². The molecule has 0 atom stereocenters. The molecular weight excluding hydrogens is 1190 g/mol. The Morgan fingerprint density at radius 3 is 1.07 bits per heavy atom. The van der Waals surface area contributed by atoms with E-state index in [0.29, 0.717) is 45.4 Å². The third-order valence-corrected chi connectivity index (χ3v) is 18.7. The lowest BCUT2D eigenvalue weighted by Crippen LogP contribution is -2.04. The number of hydrogen-bond donors (Lipinski definition) is 0. The number of nitrogens with zero attached hydrogens (tertiary/aromatic N) is 8. The molecule has 0 aliphatic carbocycles. The molecule has 0 amide bonds. The molecule has 3 aromatic heterocycles. The van der Waals surface area contributed by atoms with Crippen LogP contribution < -0.4 is 0 Å². The highest BCUT2D eigenvalue weighted by atomic mass is 15.0. The van der Waals surface area contributed by atoms with Crippen molar-refractivity contribution in [2.75, 3.05) is 0 Å². The van der Waals surface area contributed by atoms with Crippen LogP contribution in [0.5, 0.6) is 0 Å². The molecule has 8 nitrogen and oxygen atoms in total. The summed E-state index contributed by atoms with van der Waals surface area (Å²) in [6.45, 7) is 8.51. The predicted molar refractivity (Wildman–Crippen MR) is 399 cm³/mol. The lowest BCUT2D eigenvalue weighted by Gasteiger charge is -2.18. The van der Waals surface area contributed by atoms with Crippen LogP contribution in [0.25, 0.3) is 172 Å². The Labute approximate surface area is 566 Å². The van der Waals surface area contributed by atoms with Crippen molar-refractivity contribution in [3.05, 3.63) is 350 Å². The molecule has 0 aliphatic rings. The molecule has 0 unspecified atom stereocenters. The molecule has 0 bridgehead atoms. The van der Waals surface area contributed by atoms with Crippen LogP contribution in [0.2, 0.25) is 0 Å². The normalized spacial score (nSPS) is 11.2. The summed E-state index contributed by atoms with van der Waals surface area (Å²) in [6, 6.07) is 117. The SMILES string of the molecule is [C-]#[N+]c1ccccc1-c1ccc(-c2nc(-c3ccc(-c4ccccc4C#N)c(-n4c5ccc(-c6ccccc6)cc5c5cc(-c6ccccc6)ccc54)c3)nc(-c3ccccc3-c3cccc(C#N)c3)n2)cc1-n1c2ccc(-c3ccccc3)cc2c2cc(-c3ccccc3)ccc21. The van der Waals surface area contributed by atoms with Crippen molar-refractivity contribution >= 4 is 49.3 Å². The highest BCUT2D eigenvalue weighted by Crippen LogP contribution is 2.46. The molecule has 0 fully saturated rings. The maximum Gasteiger partial charge on any atom is 0.194 e. The number of para-hydroxylation sites is 1. The third-order valence-electron chi connectivity index (χ3n) is 18.7. The second-order valence-corrected chi connectivity index (χ2v) is 24.4. The standard InChI is InChI=1S/C90H54N8/c1-93-81-36-19-18-34-73(81)75-44-38-69(55-87(75)98-84-47-41-65(61-26-10-4-11-27-61)52-79(84)80-53-66(42-48-85(80)98)62-28-12-5-13-29-62)89-94-88(95-90(96-89)76-35-17-16-32-71(76)67-31-20-21-58(49-67)56-91)68-37-43-74(72-33-15-14-30-70(72)57-92)86(54-68)97-82-45-39-63(59-22-6-2-7-23-59)50-77(82)78-51-64(40-46-83(78)97)60-24-8-3-9-25-60/h2-55H. The Balaban J connectivity index is 0.935. The van der Waals surface area contributed by atoms with E-state index >= 15 is 0 Å². The Hall–Kier alpha value is -13.8. The molecule has 0 spiro atoms. The number of aromatic nitrogens is 5. The largest absolute Gasteiger partial charge is 0.309 e. The highest BCUT2D eigenvalue weighted by Gasteiger charge is 2.25. The Kier molecular flexibility index (Phi) is 14.5. The minimum Gasteiger partial charge on any atom is -0.309 e. The summed E-state index contributed by atoms with van der Waals surface area (Å²) in [4.78, 5) is 20.7. The van der Waals surface area contributed by atoms with E-state index in [9.17, 15) is 10.5 Å². The third kappa shape index (κ3) is 10.3. The van der Waals surface area contributed by atoms with Gasteiger partial charge in [0.25, 0.3) is 0 Å². The maximum atomic E-state index is 10.9. The Bertz CT molecular complexity index is 5630. The van der Waals surface area contributed by atoms with E-state index in [4.69, 9.17) is 21.5 Å². The zero-order valence-electron chi connectivity index (χ0n) is 52.8. The fourth-order valence-electron chi connectivity index (χ4n) is 14.0. The van der Waals surface area contributed by atoms with Gasteiger partial charge < -0.3 is 9.13 Å². The highest BCUT2D eigenvalue weighted by molar-refractivity contribution is 6.14. The van der Waals surface area contributed by atoms with E-state index in [1.54, 1.807) is 0 Å². The molecular formula is C90H54N8. The first-order valence-electron chi connectivity index (χ1n) is 32.5. The van der Waals surface area contributed by atoms with E-state index in [1.165, 1.54) is 0 Å². The number of benzene rings is 14. The lowest BCUT2D eigenvalue weighted by atomic mass is 9.96. The van der Waals surface area contributed by atoms with Gasteiger partial charge in [0.2, 0.25) is 0 Å². The summed E-state index contributed by atoms with van der Waals surface area (Å²) in [5, 5.41) is 25.3. The summed E-state index contributed by atoms with van der Waals surface area (Å²) >= 11 is 0. The molecule has 0 N–H and O–H groups in total. The second-order valence-electron chi connectivity index (χ2n) is 24.4. The van der Waals surface area contributed by atoms with Gasteiger partial charge in [-0.1, -0.05) is 249 Å². The van der Waals surface area contributed by atoms with Gasteiger partial charge in [-0.25, -0.2) is 19.8 Å². The first-order valence-corrected chi connectivity index (χ1v) is 32.5. The summed E-state index contributed by atoms with van der Waals surface area (Å²) in [7, 11) is 0. The lowest BCUT2D eigenvalue weighted by molar-refractivity contribution is 1.07. The van der Waals surface area contributed by atoms with Crippen LogP contribution in [0.3, 0.4) is 0 Å². The van der Waals surface area contributed by atoms with Crippen LogP contribution in [-0.2, 0) is 0 Å². The number of fused-ring (bicyclic) bond motifs is 6. The van der Waals surface area contributed by atoms with Crippen LogP contribution >= 0.6 is 0 Å². The molecule has 17 aromatic rings.